The normalized spacial score (nSPS) is 12.3. The van der Waals surface area contributed by atoms with Gasteiger partial charge in [-0.15, -0.1) is 0 Å². The SMILES string of the molecule is Cc1ccc2cccc3c2c1c1c2c(ccn32)cc(C)[n+]1C. The van der Waals surface area contributed by atoms with Gasteiger partial charge in [-0.3, -0.25) is 0 Å². The summed E-state index contributed by atoms with van der Waals surface area (Å²) in [6, 6.07) is 15.6. The van der Waals surface area contributed by atoms with Crippen molar-refractivity contribution in [3.63, 3.8) is 0 Å². The van der Waals surface area contributed by atoms with Crippen LogP contribution in [0.25, 0.3) is 38.1 Å². The lowest BCUT2D eigenvalue weighted by molar-refractivity contribution is -0.650. The monoisotopic (exact) mass is 285 g/mol. The van der Waals surface area contributed by atoms with Gasteiger partial charge in [0.15, 0.2) is 5.69 Å². The van der Waals surface area contributed by atoms with Crippen molar-refractivity contribution in [1.29, 1.82) is 0 Å². The van der Waals surface area contributed by atoms with Gasteiger partial charge in [-0.2, -0.15) is 4.57 Å². The van der Waals surface area contributed by atoms with E-state index in [1.807, 2.05) is 0 Å². The highest BCUT2D eigenvalue weighted by molar-refractivity contribution is 6.20. The fourth-order valence-corrected chi connectivity index (χ4v) is 3.93. The van der Waals surface area contributed by atoms with Crippen LogP contribution in [-0.4, -0.2) is 4.40 Å². The van der Waals surface area contributed by atoms with Crippen LogP contribution in [0.15, 0.2) is 48.7 Å². The van der Waals surface area contributed by atoms with Gasteiger partial charge in [0.1, 0.15) is 12.6 Å². The number of fused-ring (bicyclic) bond motifs is 2. The molecule has 0 atom stereocenters. The molecule has 0 aliphatic rings. The molecule has 3 heterocycles. The third-order valence-corrected chi connectivity index (χ3v) is 5.10. The van der Waals surface area contributed by atoms with Gasteiger partial charge in [0.2, 0.25) is 5.52 Å². The van der Waals surface area contributed by atoms with Crippen LogP contribution >= 0.6 is 0 Å². The Balaban J connectivity index is 2.33. The molecule has 0 unspecified atom stereocenters. The second-order valence-electron chi connectivity index (χ2n) is 6.32. The van der Waals surface area contributed by atoms with Crippen molar-refractivity contribution >= 4 is 38.1 Å². The molecule has 0 aliphatic heterocycles. The summed E-state index contributed by atoms with van der Waals surface area (Å²) in [5, 5.41) is 5.38. The van der Waals surface area contributed by atoms with Crippen LogP contribution in [0.1, 0.15) is 11.3 Å². The second kappa shape index (κ2) is 3.77. The van der Waals surface area contributed by atoms with E-state index < -0.39 is 0 Å². The first-order chi connectivity index (χ1) is 10.7. The molecule has 5 rings (SSSR count). The Labute approximate surface area is 128 Å². The summed E-state index contributed by atoms with van der Waals surface area (Å²) in [7, 11) is 2.17. The molecule has 106 valence electrons. The summed E-state index contributed by atoms with van der Waals surface area (Å²) in [4.78, 5) is 0. The molecule has 2 nitrogen and oxygen atoms in total. The number of hydrogen-bond acceptors (Lipinski definition) is 0. The summed E-state index contributed by atoms with van der Waals surface area (Å²) in [6.07, 6.45) is 2.20. The van der Waals surface area contributed by atoms with Gasteiger partial charge in [-0.25, -0.2) is 0 Å². The number of rotatable bonds is 0. The Hall–Kier alpha value is -2.61. The van der Waals surface area contributed by atoms with E-state index in [1.165, 1.54) is 49.4 Å². The molecule has 0 fully saturated rings. The molecule has 0 radical (unpaired) electrons. The van der Waals surface area contributed by atoms with Crippen LogP contribution in [-0.2, 0) is 7.05 Å². The topological polar surface area (TPSA) is 8.29 Å². The van der Waals surface area contributed by atoms with Crippen molar-refractivity contribution in [3.8, 4) is 0 Å². The second-order valence-corrected chi connectivity index (χ2v) is 6.32. The molecule has 0 spiro atoms. The number of pyridine rings is 2. The summed E-state index contributed by atoms with van der Waals surface area (Å²) < 4.78 is 4.68. The zero-order valence-corrected chi connectivity index (χ0v) is 13.0. The maximum absolute atomic E-state index is 2.35. The molecule has 3 aromatic heterocycles. The van der Waals surface area contributed by atoms with Crippen molar-refractivity contribution in [2.24, 2.45) is 7.05 Å². The quantitative estimate of drug-likeness (QED) is 0.228. The number of aryl methyl sites for hydroxylation is 3. The van der Waals surface area contributed by atoms with Gasteiger partial charge in [-0.05, 0) is 30.0 Å². The van der Waals surface area contributed by atoms with Gasteiger partial charge < -0.3 is 4.40 Å². The number of benzene rings is 2. The third kappa shape index (κ3) is 1.24. The summed E-state index contributed by atoms with van der Waals surface area (Å²) in [5.41, 5.74) is 6.58. The molecule has 0 amide bonds. The maximum Gasteiger partial charge on any atom is 0.238 e. The van der Waals surface area contributed by atoms with Gasteiger partial charge in [0, 0.05) is 30.0 Å². The average molecular weight is 285 g/mol. The third-order valence-electron chi connectivity index (χ3n) is 5.10. The highest BCUT2D eigenvalue weighted by Crippen LogP contribution is 2.36. The van der Waals surface area contributed by atoms with Crippen molar-refractivity contribution in [2.75, 3.05) is 0 Å². The zero-order valence-electron chi connectivity index (χ0n) is 13.0. The van der Waals surface area contributed by atoms with E-state index >= 15 is 0 Å². The molecule has 0 saturated carbocycles. The van der Waals surface area contributed by atoms with Crippen LogP contribution in [0, 0.1) is 13.8 Å². The molecule has 2 aromatic carbocycles. The minimum atomic E-state index is 1.29. The van der Waals surface area contributed by atoms with Crippen LogP contribution in [0.2, 0.25) is 0 Å². The van der Waals surface area contributed by atoms with E-state index in [4.69, 9.17) is 0 Å². The lowest BCUT2D eigenvalue weighted by Gasteiger charge is -2.13. The van der Waals surface area contributed by atoms with E-state index in [9.17, 15) is 0 Å². The van der Waals surface area contributed by atoms with E-state index in [1.54, 1.807) is 0 Å². The minimum absolute atomic E-state index is 1.29. The van der Waals surface area contributed by atoms with E-state index in [-0.39, 0.29) is 0 Å². The van der Waals surface area contributed by atoms with E-state index in [2.05, 4.69) is 78.5 Å². The maximum atomic E-state index is 2.35. The molecule has 0 saturated heterocycles. The predicted molar refractivity (Wildman–Crippen MR) is 91.8 cm³/mol. The smallest absolute Gasteiger partial charge is 0.238 e. The number of nitrogens with zero attached hydrogens (tertiary/aromatic N) is 2. The Morgan fingerprint density at radius 2 is 1.77 bits per heavy atom. The molecule has 22 heavy (non-hydrogen) atoms. The van der Waals surface area contributed by atoms with Crippen molar-refractivity contribution < 1.29 is 4.57 Å². The summed E-state index contributed by atoms with van der Waals surface area (Å²) >= 11 is 0. The van der Waals surface area contributed by atoms with Gasteiger partial charge in [0.25, 0.3) is 0 Å². The molecule has 0 aliphatic carbocycles. The number of hydrogen-bond donors (Lipinski definition) is 0. The zero-order chi connectivity index (χ0) is 15.0. The van der Waals surface area contributed by atoms with Gasteiger partial charge >= 0.3 is 0 Å². The van der Waals surface area contributed by atoms with Crippen LogP contribution < -0.4 is 4.57 Å². The van der Waals surface area contributed by atoms with Gasteiger partial charge in [-0.1, -0.05) is 24.3 Å². The summed E-state index contributed by atoms with van der Waals surface area (Å²) in [6.45, 7) is 4.40. The van der Waals surface area contributed by atoms with Crippen LogP contribution in [0.3, 0.4) is 0 Å². The Bertz CT molecular complexity index is 1190. The van der Waals surface area contributed by atoms with E-state index in [0.29, 0.717) is 0 Å². The molecular formula is C20H17N2+. The Morgan fingerprint density at radius 1 is 0.909 bits per heavy atom. The molecular weight excluding hydrogens is 268 g/mol. The highest BCUT2D eigenvalue weighted by atomic mass is 15.0. The first-order valence-corrected chi connectivity index (χ1v) is 7.70. The highest BCUT2D eigenvalue weighted by Gasteiger charge is 2.22. The minimum Gasteiger partial charge on any atom is -0.310 e. The van der Waals surface area contributed by atoms with Crippen molar-refractivity contribution in [1.82, 2.24) is 4.40 Å². The first-order valence-electron chi connectivity index (χ1n) is 7.70. The average Bonchev–Trinajstić information content (AvgIpc) is 2.93. The van der Waals surface area contributed by atoms with Crippen LogP contribution in [0.4, 0.5) is 0 Å². The first kappa shape index (κ1) is 12.0. The summed E-state index contributed by atoms with van der Waals surface area (Å²) in [5.74, 6) is 0. The van der Waals surface area contributed by atoms with Crippen molar-refractivity contribution in [2.45, 2.75) is 13.8 Å². The fraction of sp³-hybridized carbons (Fsp3) is 0.150. The molecule has 0 N–H and O–H groups in total. The number of aromatic nitrogens is 2. The largest absolute Gasteiger partial charge is 0.310 e. The molecule has 5 aromatic rings. The van der Waals surface area contributed by atoms with E-state index in [0.717, 1.165) is 0 Å². The van der Waals surface area contributed by atoms with Crippen molar-refractivity contribution in [3.05, 3.63) is 59.9 Å². The Morgan fingerprint density at radius 3 is 2.64 bits per heavy atom. The standard InChI is InChI=1S/C20H17N2/c1-12-7-8-14-5-4-6-16-18(14)17(12)20-19-15(9-10-22(16)19)11-13(2)21(20)3/h4-11H,1-3H3/q+1. The lowest BCUT2D eigenvalue weighted by Crippen LogP contribution is -2.33. The van der Waals surface area contributed by atoms with Crippen LogP contribution in [0.5, 0.6) is 0 Å². The fourth-order valence-electron chi connectivity index (χ4n) is 3.93. The molecule has 0 bridgehead atoms. The molecule has 2 heteroatoms. The lowest BCUT2D eigenvalue weighted by atomic mass is 9.98. The van der Waals surface area contributed by atoms with Gasteiger partial charge in [0.05, 0.1) is 10.9 Å². The predicted octanol–water partition coefficient (Wildman–Crippen LogP) is 4.28. The Kier molecular flexibility index (Phi) is 2.06.